The lowest BCUT2D eigenvalue weighted by Crippen LogP contribution is -2.15. The van der Waals surface area contributed by atoms with Gasteiger partial charge in [0.25, 0.3) is 5.91 Å². The van der Waals surface area contributed by atoms with Crippen molar-refractivity contribution in [3.05, 3.63) is 41.7 Å². The molecule has 0 saturated heterocycles. The summed E-state index contributed by atoms with van der Waals surface area (Å²) in [5.41, 5.74) is 6.92. The highest BCUT2D eigenvalue weighted by Crippen LogP contribution is 2.37. The van der Waals surface area contributed by atoms with Gasteiger partial charge in [0.05, 0.1) is 34.9 Å². The molecule has 0 unspecified atom stereocenters. The number of primary amides is 1. The summed E-state index contributed by atoms with van der Waals surface area (Å²) in [6.45, 7) is 0. The van der Waals surface area contributed by atoms with Gasteiger partial charge in [0, 0.05) is 7.05 Å². The largest absolute Gasteiger partial charge is 0.491 e. The highest BCUT2D eigenvalue weighted by molar-refractivity contribution is 7.22. The minimum absolute atomic E-state index is 0.0431. The number of imidazole rings is 1. The molecule has 0 aliphatic carbocycles. The molecule has 0 atom stereocenters. The van der Waals surface area contributed by atoms with Gasteiger partial charge in [-0.05, 0) is 18.2 Å². The van der Waals surface area contributed by atoms with E-state index in [1.165, 1.54) is 18.4 Å². The van der Waals surface area contributed by atoms with Crippen molar-refractivity contribution in [3.8, 4) is 5.75 Å². The first-order valence-electron chi connectivity index (χ1n) is 7.74. The van der Waals surface area contributed by atoms with E-state index in [9.17, 15) is 13.6 Å². The predicted octanol–water partition coefficient (Wildman–Crippen LogP) is 3.31. The normalized spacial score (nSPS) is 11.3. The average Bonchev–Trinajstić information content (AvgIpc) is 3.21. The van der Waals surface area contributed by atoms with Gasteiger partial charge in [-0.15, -0.1) is 0 Å². The fraction of sp³-hybridized carbons (Fsp3) is 0.118. The fourth-order valence-corrected chi connectivity index (χ4v) is 3.72. The van der Waals surface area contributed by atoms with Crippen LogP contribution in [0.4, 0.5) is 19.6 Å². The Morgan fingerprint density at radius 3 is 2.78 bits per heavy atom. The summed E-state index contributed by atoms with van der Waals surface area (Å²) >= 11 is 1.30. The molecule has 3 N–H and O–H groups in total. The molecule has 4 aromatic rings. The summed E-state index contributed by atoms with van der Waals surface area (Å²) in [6, 6.07) is 4.93. The van der Waals surface area contributed by atoms with Crippen LogP contribution in [0.1, 0.15) is 10.4 Å². The van der Waals surface area contributed by atoms with Gasteiger partial charge >= 0.3 is 0 Å². The van der Waals surface area contributed by atoms with Crippen LogP contribution >= 0.6 is 11.3 Å². The smallest absolute Gasteiger partial charge is 0.251 e. The van der Waals surface area contributed by atoms with Gasteiger partial charge in [-0.1, -0.05) is 11.3 Å². The standard InChI is InChI=1S/C17H13F2N5O2S/c1-24-6-21-13-9(24)3-4-10-14(13)23-17(27-10)22-8-5-7(16(20)25)11(18)12(19)15(8)26-2/h3-6H,1-2H3,(H2,20,25)(H,22,23). The van der Waals surface area contributed by atoms with Crippen molar-refractivity contribution < 1.29 is 18.3 Å². The molecular formula is C17H13F2N5O2S. The molecule has 4 rings (SSSR count). The molecule has 1 amide bonds. The first-order chi connectivity index (χ1) is 12.9. The van der Waals surface area contributed by atoms with Crippen molar-refractivity contribution in [2.75, 3.05) is 12.4 Å². The van der Waals surface area contributed by atoms with Gasteiger partial charge in [-0.3, -0.25) is 4.79 Å². The highest BCUT2D eigenvalue weighted by Gasteiger charge is 2.23. The summed E-state index contributed by atoms with van der Waals surface area (Å²) in [4.78, 5) is 20.2. The van der Waals surface area contributed by atoms with Gasteiger partial charge in [0.15, 0.2) is 16.7 Å². The van der Waals surface area contributed by atoms with E-state index in [1.807, 2.05) is 23.7 Å². The number of carbonyl (C=O) groups excluding carboxylic acids is 1. The SMILES string of the molecule is COc1c(Nc2nc3c(ccc4c3ncn4C)s2)cc(C(N)=O)c(F)c1F. The average molecular weight is 389 g/mol. The number of anilines is 2. The van der Waals surface area contributed by atoms with E-state index in [-0.39, 0.29) is 11.4 Å². The molecule has 2 aromatic carbocycles. The number of aryl methyl sites for hydroxylation is 1. The monoisotopic (exact) mass is 389 g/mol. The number of halogens is 2. The van der Waals surface area contributed by atoms with Gasteiger partial charge in [-0.25, -0.2) is 14.4 Å². The molecule has 7 nitrogen and oxygen atoms in total. The molecular weight excluding hydrogens is 376 g/mol. The Hall–Kier alpha value is -3.27. The number of amides is 1. The van der Waals surface area contributed by atoms with Crippen LogP contribution in [-0.4, -0.2) is 27.6 Å². The van der Waals surface area contributed by atoms with Gasteiger partial charge in [0.1, 0.15) is 11.0 Å². The van der Waals surface area contributed by atoms with Crippen molar-refractivity contribution in [2.45, 2.75) is 0 Å². The van der Waals surface area contributed by atoms with Crippen LogP contribution in [0.2, 0.25) is 0 Å². The second-order valence-corrected chi connectivity index (χ2v) is 6.81. The second kappa shape index (κ2) is 6.16. The zero-order chi connectivity index (χ0) is 19.3. The van der Waals surface area contributed by atoms with Crippen LogP contribution in [0.3, 0.4) is 0 Å². The third-order valence-corrected chi connectivity index (χ3v) is 5.06. The minimum Gasteiger partial charge on any atom is -0.491 e. The van der Waals surface area contributed by atoms with Crippen molar-refractivity contribution in [2.24, 2.45) is 12.8 Å². The molecule has 0 radical (unpaired) electrons. The van der Waals surface area contributed by atoms with Gasteiger partial charge < -0.3 is 20.4 Å². The molecule has 27 heavy (non-hydrogen) atoms. The van der Waals surface area contributed by atoms with Crippen molar-refractivity contribution >= 4 is 49.3 Å². The topological polar surface area (TPSA) is 95.1 Å². The molecule has 0 bridgehead atoms. The minimum atomic E-state index is -1.36. The molecule has 0 spiro atoms. The number of benzene rings is 2. The Labute approximate surface area is 155 Å². The second-order valence-electron chi connectivity index (χ2n) is 5.78. The van der Waals surface area contributed by atoms with Crippen LogP contribution in [0.5, 0.6) is 5.75 Å². The van der Waals surface area contributed by atoms with Crippen LogP contribution in [0, 0.1) is 11.6 Å². The first-order valence-corrected chi connectivity index (χ1v) is 8.55. The summed E-state index contributed by atoms with van der Waals surface area (Å²) in [5.74, 6) is -4.12. The number of carbonyl (C=O) groups is 1. The number of ether oxygens (including phenoxy) is 1. The zero-order valence-electron chi connectivity index (χ0n) is 14.2. The Bertz CT molecular complexity index is 1220. The molecule has 10 heteroatoms. The molecule has 2 heterocycles. The number of methoxy groups -OCH3 is 1. The number of thiazole rings is 1. The zero-order valence-corrected chi connectivity index (χ0v) is 15.0. The molecule has 0 aliphatic rings. The summed E-state index contributed by atoms with van der Waals surface area (Å²) in [7, 11) is 3.08. The Kier molecular flexibility index (Phi) is 3.92. The highest BCUT2D eigenvalue weighted by atomic mass is 32.1. The quantitative estimate of drug-likeness (QED) is 0.558. The van der Waals surface area contributed by atoms with Crippen LogP contribution in [0.15, 0.2) is 24.5 Å². The fourth-order valence-electron chi connectivity index (χ4n) is 2.84. The van der Waals surface area contributed by atoms with Crippen LogP contribution in [-0.2, 0) is 7.05 Å². The summed E-state index contributed by atoms with van der Waals surface area (Å²) in [6.07, 6.45) is 1.69. The van der Waals surface area contributed by atoms with Gasteiger partial charge in [-0.2, -0.15) is 4.39 Å². The maximum Gasteiger partial charge on any atom is 0.251 e. The molecule has 2 aromatic heterocycles. The van der Waals surface area contributed by atoms with E-state index in [4.69, 9.17) is 10.5 Å². The number of nitrogens with zero attached hydrogens (tertiary/aromatic N) is 3. The van der Waals surface area contributed by atoms with E-state index in [0.717, 1.165) is 21.8 Å². The number of rotatable bonds is 4. The van der Waals surface area contributed by atoms with E-state index in [2.05, 4.69) is 15.3 Å². The number of nitrogens with one attached hydrogen (secondary N) is 1. The van der Waals surface area contributed by atoms with E-state index in [0.29, 0.717) is 10.6 Å². The first kappa shape index (κ1) is 17.2. The number of hydrogen-bond acceptors (Lipinski definition) is 6. The number of aromatic nitrogens is 3. The van der Waals surface area contributed by atoms with Crippen LogP contribution in [0.25, 0.3) is 21.3 Å². The van der Waals surface area contributed by atoms with Gasteiger partial charge in [0.2, 0.25) is 5.82 Å². The van der Waals surface area contributed by atoms with E-state index in [1.54, 1.807) is 6.33 Å². The third kappa shape index (κ3) is 2.65. The Morgan fingerprint density at radius 1 is 1.30 bits per heavy atom. The Balaban J connectivity index is 1.84. The predicted molar refractivity (Wildman–Crippen MR) is 98.6 cm³/mol. The molecule has 138 valence electrons. The van der Waals surface area contributed by atoms with E-state index < -0.39 is 23.1 Å². The maximum atomic E-state index is 14.2. The molecule has 0 saturated carbocycles. The van der Waals surface area contributed by atoms with Crippen molar-refractivity contribution in [1.82, 2.24) is 14.5 Å². The van der Waals surface area contributed by atoms with Crippen LogP contribution < -0.4 is 15.8 Å². The Morgan fingerprint density at radius 2 is 2.07 bits per heavy atom. The number of nitrogens with two attached hydrogens (primary N) is 1. The lowest BCUT2D eigenvalue weighted by Gasteiger charge is -2.12. The number of hydrogen-bond donors (Lipinski definition) is 2. The lowest BCUT2D eigenvalue weighted by atomic mass is 10.1. The van der Waals surface area contributed by atoms with Crippen molar-refractivity contribution in [3.63, 3.8) is 0 Å². The van der Waals surface area contributed by atoms with Crippen molar-refractivity contribution in [1.29, 1.82) is 0 Å². The lowest BCUT2D eigenvalue weighted by molar-refractivity contribution is 0.0995. The molecule has 0 fully saturated rings. The summed E-state index contributed by atoms with van der Waals surface area (Å²) < 4.78 is 35.9. The number of fused-ring (bicyclic) bond motifs is 3. The molecule has 0 aliphatic heterocycles. The maximum absolute atomic E-state index is 14.2. The summed E-state index contributed by atoms with van der Waals surface area (Å²) in [5, 5.41) is 3.29. The van der Waals surface area contributed by atoms with E-state index >= 15 is 0 Å². The third-order valence-electron chi connectivity index (χ3n) is 4.13.